The quantitative estimate of drug-likeness (QED) is 0.528. The van der Waals surface area contributed by atoms with Gasteiger partial charge in [0.25, 0.3) is 0 Å². The van der Waals surface area contributed by atoms with Crippen LogP contribution in [0.25, 0.3) is 0 Å². The Balaban J connectivity index is 1.80. The lowest BCUT2D eigenvalue weighted by Gasteiger charge is -2.42. The first kappa shape index (κ1) is 24.1. The van der Waals surface area contributed by atoms with Gasteiger partial charge in [0.05, 0.1) is 6.10 Å². The highest BCUT2D eigenvalue weighted by atomic mass is 32.2. The molecular formula is C25H34F2O3S. The highest BCUT2D eigenvalue weighted by Crippen LogP contribution is 2.56. The van der Waals surface area contributed by atoms with Gasteiger partial charge in [0.2, 0.25) is 9.84 Å². The van der Waals surface area contributed by atoms with Crippen molar-refractivity contribution >= 4 is 9.84 Å². The van der Waals surface area contributed by atoms with Crippen LogP contribution in [-0.4, -0.2) is 31.1 Å². The second-order valence-corrected chi connectivity index (χ2v) is 11.7. The van der Waals surface area contributed by atoms with Gasteiger partial charge in [0.15, 0.2) is 0 Å². The second-order valence-electron chi connectivity index (χ2n) is 9.63. The number of rotatable bonds is 5. The Morgan fingerprint density at radius 3 is 2.71 bits per heavy atom. The van der Waals surface area contributed by atoms with Crippen molar-refractivity contribution in [3.05, 3.63) is 59.3 Å². The van der Waals surface area contributed by atoms with Crippen LogP contribution in [0.5, 0.6) is 0 Å². The predicted octanol–water partition coefficient (Wildman–Crippen LogP) is 5.91. The molecule has 0 amide bonds. The van der Waals surface area contributed by atoms with Gasteiger partial charge in [0, 0.05) is 6.26 Å². The molecule has 2 saturated carbocycles. The van der Waals surface area contributed by atoms with Crippen molar-refractivity contribution < 1.29 is 22.3 Å². The summed E-state index contributed by atoms with van der Waals surface area (Å²) < 4.78 is 50.4. The number of aliphatic hydroxyl groups is 1. The van der Waals surface area contributed by atoms with E-state index in [1.165, 1.54) is 11.6 Å². The third kappa shape index (κ3) is 4.95. The summed E-state index contributed by atoms with van der Waals surface area (Å²) in [5.74, 6) is 0.0646. The first-order valence-corrected chi connectivity index (χ1v) is 13.0. The highest BCUT2D eigenvalue weighted by molar-refractivity contribution is 7.91. The van der Waals surface area contributed by atoms with Crippen molar-refractivity contribution in [1.82, 2.24) is 0 Å². The molecule has 4 atom stereocenters. The van der Waals surface area contributed by atoms with Gasteiger partial charge in [-0.3, -0.25) is 0 Å². The third-order valence-corrected chi connectivity index (χ3v) is 8.49. The molecule has 1 unspecified atom stereocenters. The van der Waals surface area contributed by atoms with Crippen LogP contribution < -0.4 is 0 Å². The molecule has 3 nitrogen and oxygen atoms in total. The van der Waals surface area contributed by atoms with Crippen molar-refractivity contribution in [2.24, 2.45) is 17.3 Å². The Morgan fingerprint density at radius 2 is 2.03 bits per heavy atom. The van der Waals surface area contributed by atoms with Crippen molar-refractivity contribution in [1.29, 1.82) is 0 Å². The van der Waals surface area contributed by atoms with Gasteiger partial charge in [-0.25, -0.2) is 8.42 Å². The Labute approximate surface area is 185 Å². The van der Waals surface area contributed by atoms with Crippen LogP contribution in [0.4, 0.5) is 8.78 Å². The Kier molecular flexibility index (Phi) is 6.83. The second kappa shape index (κ2) is 8.78. The van der Waals surface area contributed by atoms with Crippen LogP contribution in [0.3, 0.4) is 0 Å². The molecule has 0 aliphatic heterocycles. The lowest BCUT2D eigenvalue weighted by Crippen LogP contribution is -2.32. The maximum absolute atomic E-state index is 13.9. The highest BCUT2D eigenvalue weighted by Gasteiger charge is 2.46. The molecule has 0 aromatic carbocycles. The number of hydrogen-bond donors (Lipinski definition) is 1. The molecule has 0 bridgehead atoms. The smallest absolute Gasteiger partial charge is 0.363 e. The van der Waals surface area contributed by atoms with Crippen molar-refractivity contribution in [2.45, 2.75) is 70.2 Å². The number of hydrogen-bond acceptors (Lipinski definition) is 3. The van der Waals surface area contributed by atoms with Crippen LogP contribution in [0.1, 0.15) is 58.8 Å². The summed E-state index contributed by atoms with van der Waals surface area (Å²) in [6, 6.07) is 0. The van der Waals surface area contributed by atoms with E-state index in [-0.39, 0.29) is 17.4 Å². The van der Waals surface area contributed by atoms with Crippen molar-refractivity contribution in [3.63, 3.8) is 0 Å². The average molecular weight is 453 g/mol. The molecule has 3 rings (SSSR count). The maximum Gasteiger partial charge on any atom is 0.363 e. The molecular weight excluding hydrogens is 418 g/mol. The molecule has 0 aromatic rings. The van der Waals surface area contributed by atoms with E-state index in [4.69, 9.17) is 0 Å². The molecule has 31 heavy (non-hydrogen) atoms. The molecule has 0 aromatic heterocycles. The van der Waals surface area contributed by atoms with Gasteiger partial charge in [0.1, 0.15) is 0 Å². The normalized spacial score (nSPS) is 33.7. The summed E-state index contributed by atoms with van der Waals surface area (Å²) in [6.45, 7) is 8.21. The number of allylic oxidation sites excluding steroid dienone is 7. The monoisotopic (exact) mass is 452 g/mol. The minimum atomic E-state index is -4.48. The van der Waals surface area contributed by atoms with Gasteiger partial charge in [-0.1, -0.05) is 61.4 Å². The van der Waals surface area contributed by atoms with Crippen molar-refractivity contribution in [3.8, 4) is 0 Å². The minimum Gasteiger partial charge on any atom is -0.393 e. The van der Waals surface area contributed by atoms with E-state index in [0.717, 1.165) is 55.2 Å². The molecule has 0 radical (unpaired) electrons. The molecule has 0 heterocycles. The fraction of sp³-hybridized carbons (Fsp3) is 0.600. The van der Waals surface area contributed by atoms with E-state index < -0.39 is 15.1 Å². The van der Waals surface area contributed by atoms with Crippen LogP contribution in [-0.2, 0) is 9.84 Å². The maximum atomic E-state index is 13.9. The lowest BCUT2D eigenvalue weighted by atomic mass is 9.62. The molecule has 2 fully saturated rings. The summed E-state index contributed by atoms with van der Waals surface area (Å²) in [5, 5.41) is 6.12. The zero-order valence-corrected chi connectivity index (χ0v) is 19.5. The van der Waals surface area contributed by atoms with Gasteiger partial charge in [-0.2, -0.15) is 8.78 Å². The van der Waals surface area contributed by atoms with Crippen LogP contribution in [0.2, 0.25) is 0 Å². The van der Waals surface area contributed by atoms with E-state index in [2.05, 4.69) is 31.7 Å². The Morgan fingerprint density at radius 1 is 1.32 bits per heavy atom. The Bertz CT molecular complexity index is 955. The van der Waals surface area contributed by atoms with E-state index in [0.29, 0.717) is 24.7 Å². The van der Waals surface area contributed by atoms with E-state index >= 15 is 0 Å². The number of halogens is 2. The summed E-state index contributed by atoms with van der Waals surface area (Å²) in [4.78, 5) is 0. The number of alkyl halides is 2. The van der Waals surface area contributed by atoms with Gasteiger partial charge < -0.3 is 5.11 Å². The third-order valence-electron chi connectivity index (χ3n) is 7.36. The summed E-state index contributed by atoms with van der Waals surface area (Å²) in [5.41, 5.74) is 4.57. The zero-order chi connectivity index (χ0) is 23.0. The molecule has 3 aliphatic carbocycles. The molecule has 0 saturated heterocycles. The van der Waals surface area contributed by atoms with Crippen molar-refractivity contribution in [2.75, 3.05) is 6.26 Å². The lowest BCUT2D eigenvalue weighted by molar-refractivity contribution is 0.147. The van der Waals surface area contributed by atoms with Crippen LogP contribution in [0.15, 0.2) is 59.3 Å². The summed E-state index contributed by atoms with van der Waals surface area (Å²) in [7, 11) is -4.48. The molecule has 0 spiro atoms. The van der Waals surface area contributed by atoms with E-state index in [1.54, 1.807) is 0 Å². The fourth-order valence-electron chi connectivity index (χ4n) is 5.44. The number of sulfone groups is 1. The molecule has 6 heteroatoms. The average Bonchev–Trinajstić information content (AvgIpc) is 3.03. The standard InChI is InChI=1S/C25H34F2O3S/c1-17-7-10-21(28)16-20(17)9-8-19-6-5-14-24(3)22(11-12-23(19)24)18(2)13-15-25(26,27)31(4,29)30/h8-9,11,13,15,18,21,23,28H,1,5-7,10,12,14,16H2,2-4H3/b15-13+,19-8+,20-9-/t18?,21-,23-,24+/m0/s1. The molecule has 1 N–H and O–H groups in total. The topological polar surface area (TPSA) is 54.4 Å². The molecule has 3 aliphatic rings. The SMILES string of the molecule is C=C1CC[C@H](O)C/C1=C/C=C1\CCC[C@]2(C)C(C(C)/C=C/C(F)(F)S(C)(=O)=O)=CC[C@@H]12. The number of aliphatic hydroxyl groups excluding tert-OH is 1. The Hall–Kier alpha value is -1.53. The van der Waals surface area contributed by atoms with E-state index in [1.807, 2.05) is 6.92 Å². The summed E-state index contributed by atoms with van der Waals surface area (Å²) >= 11 is 0. The fourth-order valence-corrected chi connectivity index (χ4v) is 5.76. The first-order chi connectivity index (χ1) is 14.3. The van der Waals surface area contributed by atoms with Crippen LogP contribution >= 0.6 is 0 Å². The zero-order valence-electron chi connectivity index (χ0n) is 18.7. The number of fused-ring (bicyclic) bond motifs is 1. The first-order valence-electron chi connectivity index (χ1n) is 11.1. The van der Waals surface area contributed by atoms with Gasteiger partial charge in [-0.15, -0.1) is 0 Å². The minimum absolute atomic E-state index is 0.115. The largest absolute Gasteiger partial charge is 0.393 e. The van der Waals surface area contributed by atoms with Gasteiger partial charge in [-0.05, 0) is 73.8 Å². The van der Waals surface area contributed by atoms with E-state index in [9.17, 15) is 22.3 Å². The predicted molar refractivity (Wildman–Crippen MR) is 121 cm³/mol. The molecule has 172 valence electrons. The summed E-state index contributed by atoms with van der Waals surface area (Å²) in [6.07, 6.45) is 14.7. The van der Waals surface area contributed by atoms with Crippen LogP contribution in [0, 0.1) is 17.3 Å². The van der Waals surface area contributed by atoms with Gasteiger partial charge >= 0.3 is 5.25 Å².